The minimum absolute atomic E-state index is 0.0130. The monoisotopic (exact) mass is 431 g/mol. The van der Waals surface area contributed by atoms with Gasteiger partial charge in [0.1, 0.15) is 5.69 Å². The first-order valence-corrected chi connectivity index (χ1v) is 10.3. The van der Waals surface area contributed by atoms with Crippen LogP contribution in [0.25, 0.3) is 17.1 Å². The van der Waals surface area contributed by atoms with Crippen molar-refractivity contribution < 1.29 is 9.72 Å². The number of carbonyl (C=O) groups excluding carboxylic acids is 1. The van der Waals surface area contributed by atoms with Crippen molar-refractivity contribution in [3.63, 3.8) is 0 Å². The first-order valence-electron chi connectivity index (χ1n) is 9.36. The number of aromatic nitrogens is 3. The Balaban J connectivity index is 1.54. The normalized spacial score (nSPS) is 10.6. The first kappa shape index (κ1) is 20.3. The molecule has 9 heteroatoms. The van der Waals surface area contributed by atoms with Crippen LogP contribution in [0.5, 0.6) is 0 Å². The molecule has 0 saturated carbocycles. The van der Waals surface area contributed by atoms with Gasteiger partial charge in [-0.25, -0.2) is 9.67 Å². The van der Waals surface area contributed by atoms with E-state index in [4.69, 9.17) is 0 Å². The number of rotatable bonds is 7. The van der Waals surface area contributed by atoms with Gasteiger partial charge in [-0.15, -0.1) is 5.10 Å². The van der Waals surface area contributed by atoms with Gasteiger partial charge in [-0.3, -0.25) is 14.9 Å². The van der Waals surface area contributed by atoms with E-state index in [0.29, 0.717) is 11.0 Å². The molecule has 0 bridgehead atoms. The fourth-order valence-corrected chi connectivity index (χ4v) is 3.56. The topological polar surface area (TPSA) is 103 Å². The van der Waals surface area contributed by atoms with Gasteiger partial charge >= 0.3 is 0 Å². The fourth-order valence-electron chi connectivity index (χ4n) is 2.93. The van der Waals surface area contributed by atoms with Crippen molar-refractivity contribution in [2.24, 2.45) is 0 Å². The summed E-state index contributed by atoms with van der Waals surface area (Å²) >= 11 is 1.16. The third kappa shape index (κ3) is 4.78. The molecule has 4 rings (SSSR count). The molecule has 0 atom stereocenters. The van der Waals surface area contributed by atoms with Crippen molar-refractivity contribution in [3.05, 3.63) is 95.0 Å². The van der Waals surface area contributed by atoms with Crippen LogP contribution in [0.1, 0.15) is 0 Å². The molecule has 1 amide bonds. The molecular weight excluding hydrogens is 414 g/mol. The highest BCUT2D eigenvalue weighted by Gasteiger charge is 2.17. The maximum Gasteiger partial charge on any atom is 0.292 e. The molecule has 31 heavy (non-hydrogen) atoms. The number of anilines is 1. The number of hydrogen-bond acceptors (Lipinski definition) is 6. The number of carbonyl (C=O) groups is 1. The van der Waals surface area contributed by atoms with Gasteiger partial charge in [-0.1, -0.05) is 72.4 Å². The lowest BCUT2D eigenvalue weighted by atomic mass is 10.2. The molecule has 3 aromatic carbocycles. The number of nitrogens with zero attached hydrogens (tertiary/aromatic N) is 4. The Morgan fingerprint density at radius 1 is 0.968 bits per heavy atom. The van der Waals surface area contributed by atoms with E-state index in [0.717, 1.165) is 23.0 Å². The molecule has 0 unspecified atom stereocenters. The summed E-state index contributed by atoms with van der Waals surface area (Å²) in [5, 5.41) is 18.7. The molecule has 0 aliphatic carbocycles. The van der Waals surface area contributed by atoms with E-state index in [2.05, 4.69) is 15.4 Å². The van der Waals surface area contributed by atoms with E-state index in [1.807, 2.05) is 60.7 Å². The second-order valence-corrected chi connectivity index (χ2v) is 7.38. The largest absolute Gasteiger partial charge is 0.320 e. The Bertz CT molecular complexity index is 1160. The van der Waals surface area contributed by atoms with Crippen molar-refractivity contribution in [3.8, 4) is 17.1 Å². The van der Waals surface area contributed by atoms with Crippen LogP contribution >= 0.6 is 11.8 Å². The van der Waals surface area contributed by atoms with Crippen molar-refractivity contribution >= 4 is 29.0 Å². The van der Waals surface area contributed by atoms with Crippen LogP contribution in [0.4, 0.5) is 11.4 Å². The molecule has 8 nitrogen and oxygen atoms in total. The Labute approximate surface area is 182 Å². The SMILES string of the molecule is O=C(CSc1nc(-c2ccccc2)n(-c2ccccc2)n1)Nc1ccccc1[N+](=O)[O-]. The summed E-state index contributed by atoms with van der Waals surface area (Å²) < 4.78 is 1.73. The van der Waals surface area contributed by atoms with Gasteiger partial charge in [0.2, 0.25) is 11.1 Å². The molecule has 0 radical (unpaired) electrons. The quantitative estimate of drug-likeness (QED) is 0.261. The summed E-state index contributed by atoms with van der Waals surface area (Å²) in [5.41, 5.74) is 1.75. The molecule has 0 spiro atoms. The molecule has 1 aromatic heterocycles. The third-order valence-electron chi connectivity index (χ3n) is 4.33. The highest BCUT2D eigenvalue weighted by molar-refractivity contribution is 7.99. The molecule has 154 valence electrons. The van der Waals surface area contributed by atoms with E-state index in [1.54, 1.807) is 16.8 Å². The Hall–Kier alpha value is -3.98. The van der Waals surface area contributed by atoms with Crippen LogP contribution in [0.15, 0.2) is 90.1 Å². The number of amides is 1. The number of thioether (sulfide) groups is 1. The number of nitro groups is 1. The van der Waals surface area contributed by atoms with E-state index in [-0.39, 0.29) is 23.0 Å². The highest BCUT2D eigenvalue weighted by atomic mass is 32.2. The van der Waals surface area contributed by atoms with E-state index >= 15 is 0 Å². The lowest BCUT2D eigenvalue weighted by molar-refractivity contribution is -0.383. The number of benzene rings is 3. The number of nitrogens with one attached hydrogen (secondary N) is 1. The Kier molecular flexibility index (Phi) is 6.04. The maximum atomic E-state index is 12.4. The van der Waals surface area contributed by atoms with Crippen LogP contribution in [-0.4, -0.2) is 31.3 Å². The van der Waals surface area contributed by atoms with Gasteiger partial charge in [-0.2, -0.15) is 0 Å². The first-order chi connectivity index (χ1) is 15.1. The predicted molar refractivity (Wildman–Crippen MR) is 119 cm³/mol. The zero-order valence-corrected chi connectivity index (χ0v) is 17.0. The molecule has 1 heterocycles. The van der Waals surface area contributed by atoms with E-state index in [1.165, 1.54) is 12.1 Å². The second kappa shape index (κ2) is 9.23. The molecule has 0 aliphatic rings. The molecular formula is C22H17N5O3S. The summed E-state index contributed by atoms with van der Waals surface area (Å²) in [5.74, 6) is 0.295. The zero-order valence-electron chi connectivity index (χ0n) is 16.2. The summed E-state index contributed by atoms with van der Waals surface area (Å²) in [7, 11) is 0. The third-order valence-corrected chi connectivity index (χ3v) is 5.17. The summed E-state index contributed by atoms with van der Waals surface area (Å²) in [6, 6.07) is 25.3. The molecule has 1 N–H and O–H groups in total. The lowest BCUT2D eigenvalue weighted by Gasteiger charge is -2.05. The van der Waals surface area contributed by atoms with Crippen molar-refractivity contribution in [1.82, 2.24) is 14.8 Å². The smallest absolute Gasteiger partial charge is 0.292 e. The number of nitro benzene ring substituents is 1. The number of para-hydroxylation sites is 3. The van der Waals surface area contributed by atoms with Crippen molar-refractivity contribution in [2.75, 3.05) is 11.1 Å². The minimum Gasteiger partial charge on any atom is -0.320 e. The lowest BCUT2D eigenvalue weighted by Crippen LogP contribution is -2.15. The predicted octanol–water partition coefficient (Wildman–Crippen LogP) is 4.57. The molecule has 0 saturated heterocycles. The van der Waals surface area contributed by atoms with Crippen molar-refractivity contribution in [2.45, 2.75) is 5.16 Å². The molecule has 4 aromatic rings. The fraction of sp³-hybridized carbons (Fsp3) is 0.0455. The van der Waals surface area contributed by atoms with E-state index < -0.39 is 4.92 Å². The Morgan fingerprint density at radius 3 is 2.32 bits per heavy atom. The standard InChI is InChI=1S/C22H17N5O3S/c28-20(23-18-13-7-8-14-19(18)27(29)30)15-31-22-24-21(16-9-3-1-4-10-16)26(25-22)17-11-5-2-6-12-17/h1-14H,15H2,(H,23,28). The average molecular weight is 431 g/mol. The molecule has 0 aliphatic heterocycles. The average Bonchev–Trinajstić information content (AvgIpc) is 3.23. The van der Waals surface area contributed by atoms with Gasteiger partial charge in [-0.05, 0) is 18.2 Å². The summed E-state index contributed by atoms with van der Waals surface area (Å²) in [4.78, 5) is 27.6. The number of hydrogen-bond donors (Lipinski definition) is 1. The maximum absolute atomic E-state index is 12.4. The summed E-state index contributed by atoms with van der Waals surface area (Å²) in [6.07, 6.45) is 0. The minimum atomic E-state index is -0.530. The highest BCUT2D eigenvalue weighted by Crippen LogP contribution is 2.26. The van der Waals surface area contributed by atoms with Gasteiger partial charge in [0, 0.05) is 11.6 Å². The van der Waals surface area contributed by atoms with Crippen LogP contribution in [-0.2, 0) is 4.79 Å². The summed E-state index contributed by atoms with van der Waals surface area (Å²) in [6.45, 7) is 0. The van der Waals surface area contributed by atoms with Gasteiger partial charge in [0.25, 0.3) is 5.69 Å². The van der Waals surface area contributed by atoms with Gasteiger partial charge < -0.3 is 5.32 Å². The van der Waals surface area contributed by atoms with Gasteiger partial charge in [0.05, 0.1) is 16.4 Å². The van der Waals surface area contributed by atoms with Crippen LogP contribution in [0.3, 0.4) is 0 Å². The van der Waals surface area contributed by atoms with Crippen molar-refractivity contribution in [1.29, 1.82) is 0 Å². The van der Waals surface area contributed by atoms with Crippen LogP contribution < -0.4 is 5.32 Å². The van der Waals surface area contributed by atoms with E-state index in [9.17, 15) is 14.9 Å². The molecule has 0 fully saturated rings. The zero-order chi connectivity index (χ0) is 21.6. The second-order valence-electron chi connectivity index (χ2n) is 6.44. The Morgan fingerprint density at radius 2 is 1.61 bits per heavy atom. The van der Waals surface area contributed by atoms with Gasteiger partial charge in [0.15, 0.2) is 5.82 Å². The van der Waals surface area contributed by atoms with Crippen LogP contribution in [0.2, 0.25) is 0 Å². The van der Waals surface area contributed by atoms with Crippen LogP contribution in [0, 0.1) is 10.1 Å².